The summed E-state index contributed by atoms with van der Waals surface area (Å²) in [6.45, 7) is 3.24. The Labute approximate surface area is 175 Å². The van der Waals surface area contributed by atoms with E-state index in [9.17, 15) is 4.79 Å². The fourth-order valence-corrected chi connectivity index (χ4v) is 3.21. The van der Waals surface area contributed by atoms with Crippen LogP contribution in [0.25, 0.3) is 22.8 Å². The first-order chi connectivity index (χ1) is 14.6. The van der Waals surface area contributed by atoms with Crippen LogP contribution in [-0.4, -0.2) is 72.8 Å². The van der Waals surface area contributed by atoms with Gasteiger partial charge in [-0.25, -0.2) is 0 Å². The van der Waals surface area contributed by atoms with E-state index in [0.29, 0.717) is 17.5 Å². The molecule has 3 aromatic rings. The van der Waals surface area contributed by atoms with Crippen LogP contribution < -0.4 is 9.47 Å². The SMILES string of the molecule is COc1ccc(-c2noc(-c3cccc(OCC(=O)N4CCN(C)CC4)c3)n2)cc1. The maximum absolute atomic E-state index is 12.4. The van der Waals surface area contributed by atoms with E-state index in [0.717, 1.165) is 43.1 Å². The van der Waals surface area contributed by atoms with Crippen molar-refractivity contribution in [2.75, 3.05) is 46.9 Å². The number of amides is 1. The first kappa shape index (κ1) is 19.9. The zero-order valence-electron chi connectivity index (χ0n) is 17.1. The number of aromatic nitrogens is 2. The van der Waals surface area contributed by atoms with Gasteiger partial charge in [0.05, 0.1) is 7.11 Å². The molecule has 1 aliphatic rings. The van der Waals surface area contributed by atoms with Crippen LogP contribution in [0.3, 0.4) is 0 Å². The normalized spacial score (nSPS) is 14.5. The minimum absolute atomic E-state index is 0.00640. The van der Waals surface area contributed by atoms with E-state index in [1.165, 1.54) is 0 Å². The summed E-state index contributed by atoms with van der Waals surface area (Å²) in [4.78, 5) is 20.9. The van der Waals surface area contributed by atoms with Gasteiger partial charge in [-0.1, -0.05) is 11.2 Å². The molecule has 1 fully saturated rings. The molecule has 1 aliphatic heterocycles. The fraction of sp³-hybridized carbons (Fsp3) is 0.318. The van der Waals surface area contributed by atoms with Gasteiger partial charge in [0.15, 0.2) is 6.61 Å². The third kappa shape index (κ3) is 4.60. The van der Waals surface area contributed by atoms with Crippen LogP contribution in [0.2, 0.25) is 0 Å². The number of hydrogen-bond acceptors (Lipinski definition) is 7. The lowest BCUT2D eigenvalue weighted by Gasteiger charge is -2.32. The third-order valence-electron chi connectivity index (χ3n) is 5.07. The lowest BCUT2D eigenvalue weighted by Crippen LogP contribution is -2.48. The molecule has 4 rings (SSSR count). The standard InChI is InChI=1S/C22H24N4O4/c1-25-10-12-26(13-11-25)20(27)15-29-19-5-3-4-17(14-19)22-23-21(24-30-22)16-6-8-18(28-2)9-7-16/h3-9,14H,10-13,15H2,1-2H3. The second-order valence-corrected chi connectivity index (χ2v) is 7.15. The molecule has 8 heteroatoms. The van der Waals surface area contributed by atoms with E-state index in [1.54, 1.807) is 13.2 Å². The zero-order valence-corrected chi connectivity index (χ0v) is 17.1. The average molecular weight is 408 g/mol. The second-order valence-electron chi connectivity index (χ2n) is 7.15. The van der Waals surface area contributed by atoms with Crippen molar-refractivity contribution in [2.45, 2.75) is 0 Å². The highest BCUT2D eigenvalue weighted by atomic mass is 16.5. The average Bonchev–Trinajstić information content (AvgIpc) is 3.29. The molecule has 1 amide bonds. The molecule has 0 N–H and O–H groups in total. The third-order valence-corrected chi connectivity index (χ3v) is 5.07. The number of likely N-dealkylation sites (N-methyl/N-ethyl adjacent to an activating group) is 1. The summed E-state index contributed by atoms with van der Waals surface area (Å²) < 4.78 is 16.3. The molecule has 0 unspecified atom stereocenters. The number of piperazine rings is 1. The molecular weight excluding hydrogens is 384 g/mol. The van der Waals surface area contributed by atoms with Gasteiger partial charge in [-0.05, 0) is 49.5 Å². The van der Waals surface area contributed by atoms with Crippen LogP contribution in [-0.2, 0) is 4.79 Å². The van der Waals surface area contributed by atoms with Crippen molar-refractivity contribution in [1.82, 2.24) is 19.9 Å². The largest absolute Gasteiger partial charge is 0.497 e. The molecule has 156 valence electrons. The summed E-state index contributed by atoms with van der Waals surface area (Å²) >= 11 is 0. The molecule has 30 heavy (non-hydrogen) atoms. The Morgan fingerprint density at radius 2 is 1.80 bits per heavy atom. The van der Waals surface area contributed by atoms with Gasteiger partial charge in [-0.15, -0.1) is 0 Å². The molecule has 0 bridgehead atoms. The van der Waals surface area contributed by atoms with Gasteiger partial charge >= 0.3 is 0 Å². The van der Waals surface area contributed by atoms with Crippen LogP contribution in [0.5, 0.6) is 11.5 Å². The first-order valence-electron chi connectivity index (χ1n) is 9.80. The summed E-state index contributed by atoms with van der Waals surface area (Å²) in [5, 5.41) is 4.06. The molecule has 1 aromatic heterocycles. The van der Waals surface area contributed by atoms with Crippen molar-refractivity contribution < 1.29 is 18.8 Å². The molecule has 8 nitrogen and oxygen atoms in total. The number of ether oxygens (including phenoxy) is 2. The van der Waals surface area contributed by atoms with Gasteiger partial charge in [0.1, 0.15) is 11.5 Å². The number of rotatable bonds is 6. The monoisotopic (exact) mass is 408 g/mol. The number of carbonyl (C=O) groups excluding carboxylic acids is 1. The first-order valence-corrected chi connectivity index (χ1v) is 9.80. The maximum atomic E-state index is 12.4. The molecule has 2 heterocycles. The van der Waals surface area contributed by atoms with E-state index in [4.69, 9.17) is 14.0 Å². The van der Waals surface area contributed by atoms with Gasteiger partial charge in [0.2, 0.25) is 5.82 Å². The number of nitrogens with zero attached hydrogens (tertiary/aromatic N) is 4. The van der Waals surface area contributed by atoms with Gasteiger partial charge in [-0.3, -0.25) is 4.79 Å². The van der Waals surface area contributed by atoms with Crippen molar-refractivity contribution in [1.29, 1.82) is 0 Å². The minimum atomic E-state index is -0.00640. The van der Waals surface area contributed by atoms with Gasteiger partial charge in [0.25, 0.3) is 11.8 Å². The predicted molar refractivity (Wildman–Crippen MR) is 111 cm³/mol. The number of hydrogen-bond donors (Lipinski definition) is 0. The highest BCUT2D eigenvalue weighted by Gasteiger charge is 2.19. The highest BCUT2D eigenvalue weighted by molar-refractivity contribution is 5.78. The van der Waals surface area contributed by atoms with E-state index in [2.05, 4.69) is 22.1 Å². The van der Waals surface area contributed by atoms with Crippen LogP contribution in [0.1, 0.15) is 0 Å². The quantitative estimate of drug-likeness (QED) is 0.620. The summed E-state index contributed by atoms with van der Waals surface area (Å²) in [5.41, 5.74) is 1.56. The van der Waals surface area contributed by atoms with Crippen molar-refractivity contribution in [2.24, 2.45) is 0 Å². The fourth-order valence-electron chi connectivity index (χ4n) is 3.21. The summed E-state index contributed by atoms with van der Waals surface area (Å²) in [6, 6.07) is 14.7. The summed E-state index contributed by atoms with van der Waals surface area (Å²) in [6.07, 6.45) is 0. The highest BCUT2D eigenvalue weighted by Crippen LogP contribution is 2.26. The van der Waals surface area contributed by atoms with Crippen LogP contribution in [0, 0.1) is 0 Å². The molecule has 0 atom stereocenters. The van der Waals surface area contributed by atoms with Crippen LogP contribution in [0.4, 0.5) is 0 Å². The summed E-state index contributed by atoms with van der Waals surface area (Å²) in [7, 11) is 3.68. The predicted octanol–water partition coefficient (Wildman–Crippen LogP) is 2.57. The Hall–Kier alpha value is -3.39. The van der Waals surface area contributed by atoms with Crippen molar-refractivity contribution in [3.63, 3.8) is 0 Å². The van der Waals surface area contributed by atoms with Gasteiger partial charge in [-0.2, -0.15) is 4.98 Å². The smallest absolute Gasteiger partial charge is 0.260 e. The van der Waals surface area contributed by atoms with Gasteiger partial charge < -0.3 is 23.8 Å². The van der Waals surface area contributed by atoms with E-state index < -0.39 is 0 Å². The van der Waals surface area contributed by atoms with Crippen molar-refractivity contribution >= 4 is 5.91 Å². The van der Waals surface area contributed by atoms with E-state index in [1.807, 2.05) is 47.4 Å². The lowest BCUT2D eigenvalue weighted by atomic mass is 10.2. The van der Waals surface area contributed by atoms with Crippen LogP contribution >= 0.6 is 0 Å². The maximum Gasteiger partial charge on any atom is 0.260 e. The number of methoxy groups -OCH3 is 1. The number of benzene rings is 2. The Bertz CT molecular complexity index is 994. The molecule has 2 aromatic carbocycles. The number of carbonyl (C=O) groups is 1. The molecule has 0 saturated carbocycles. The molecule has 1 saturated heterocycles. The Morgan fingerprint density at radius 1 is 1.03 bits per heavy atom. The Morgan fingerprint density at radius 3 is 2.53 bits per heavy atom. The minimum Gasteiger partial charge on any atom is -0.497 e. The molecular formula is C22H24N4O4. The molecule has 0 spiro atoms. The molecule has 0 aliphatic carbocycles. The topological polar surface area (TPSA) is 80.9 Å². The van der Waals surface area contributed by atoms with Crippen molar-refractivity contribution in [3.8, 4) is 34.3 Å². The Kier molecular flexibility index (Phi) is 5.94. The van der Waals surface area contributed by atoms with Crippen molar-refractivity contribution in [3.05, 3.63) is 48.5 Å². The second kappa shape index (κ2) is 8.96. The Balaban J connectivity index is 1.41. The van der Waals surface area contributed by atoms with Crippen LogP contribution in [0.15, 0.2) is 53.1 Å². The van der Waals surface area contributed by atoms with E-state index in [-0.39, 0.29) is 12.5 Å². The van der Waals surface area contributed by atoms with E-state index >= 15 is 0 Å². The molecule has 0 radical (unpaired) electrons. The zero-order chi connectivity index (χ0) is 20.9. The summed E-state index contributed by atoms with van der Waals surface area (Å²) in [5.74, 6) is 2.21. The lowest BCUT2D eigenvalue weighted by molar-refractivity contribution is -0.134. The van der Waals surface area contributed by atoms with Gasteiger partial charge in [0, 0.05) is 37.3 Å².